The molecule has 0 aliphatic carbocycles. The number of hydrogen-bond acceptors (Lipinski definition) is 3. The van der Waals surface area contributed by atoms with Crippen LogP contribution in [0.4, 0.5) is 0 Å². The normalized spacial score (nSPS) is 36.8. The molecule has 0 aromatic heterocycles. The Morgan fingerprint density at radius 2 is 2.50 bits per heavy atom. The lowest BCUT2D eigenvalue weighted by Crippen LogP contribution is -2.46. The lowest BCUT2D eigenvalue weighted by Gasteiger charge is -2.34. The van der Waals surface area contributed by atoms with Gasteiger partial charge in [-0.2, -0.15) is 0 Å². The van der Waals surface area contributed by atoms with E-state index in [1.165, 1.54) is 0 Å². The van der Waals surface area contributed by atoms with E-state index in [0.717, 1.165) is 6.61 Å². The van der Waals surface area contributed by atoms with Gasteiger partial charge in [-0.15, -0.1) is 0 Å². The van der Waals surface area contributed by atoms with Crippen LogP contribution in [0.3, 0.4) is 0 Å². The molecular weight excluding hydrogens is 106 g/mol. The third-order valence-electron chi connectivity index (χ3n) is 1.53. The van der Waals surface area contributed by atoms with Crippen molar-refractivity contribution in [2.24, 2.45) is 11.7 Å². The fraction of sp³-hybridized carbons (Fsp3) is 1.00. The van der Waals surface area contributed by atoms with Crippen molar-refractivity contribution in [2.45, 2.75) is 6.10 Å². The second-order valence-corrected chi connectivity index (χ2v) is 2.05. The summed E-state index contributed by atoms with van der Waals surface area (Å²) in [6, 6.07) is 0. The molecule has 48 valence electrons. The van der Waals surface area contributed by atoms with Gasteiger partial charge in [0, 0.05) is 5.92 Å². The van der Waals surface area contributed by atoms with Crippen molar-refractivity contribution in [1.82, 2.24) is 0 Å². The van der Waals surface area contributed by atoms with Crippen LogP contribution in [0.15, 0.2) is 0 Å². The summed E-state index contributed by atoms with van der Waals surface area (Å²) < 4.78 is 4.95. The number of rotatable bonds is 2. The van der Waals surface area contributed by atoms with Gasteiger partial charge in [0.05, 0.1) is 19.3 Å². The van der Waals surface area contributed by atoms with E-state index in [2.05, 4.69) is 0 Å². The first-order valence-electron chi connectivity index (χ1n) is 2.81. The molecule has 3 nitrogen and oxygen atoms in total. The first-order valence-corrected chi connectivity index (χ1v) is 2.81. The minimum atomic E-state index is 0.0278. The van der Waals surface area contributed by atoms with Crippen LogP contribution < -0.4 is 5.73 Å². The Labute approximate surface area is 48.4 Å². The first kappa shape index (κ1) is 6.01. The molecule has 1 fully saturated rings. The van der Waals surface area contributed by atoms with Gasteiger partial charge in [0.15, 0.2) is 0 Å². The SMILES string of the molecule is NCC1COC1CO. The third-order valence-corrected chi connectivity index (χ3v) is 1.53. The van der Waals surface area contributed by atoms with Gasteiger partial charge in [0.1, 0.15) is 0 Å². The van der Waals surface area contributed by atoms with Gasteiger partial charge in [-0.3, -0.25) is 0 Å². The molecule has 1 aliphatic rings. The molecule has 0 bridgehead atoms. The zero-order valence-corrected chi connectivity index (χ0v) is 4.71. The lowest BCUT2D eigenvalue weighted by molar-refractivity contribution is -0.130. The van der Waals surface area contributed by atoms with Crippen molar-refractivity contribution in [2.75, 3.05) is 19.8 Å². The lowest BCUT2D eigenvalue weighted by atomic mass is 9.99. The van der Waals surface area contributed by atoms with E-state index >= 15 is 0 Å². The highest BCUT2D eigenvalue weighted by Gasteiger charge is 2.29. The quantitative estimate of drug-likeness (QED) is 0.485. The van der Waals surface area contributed by atoms with Crippen LogP contribution in [0.5, 0.6) is 0 Å². The molecule has 2 unspecified atom stereocenters. The molecule has 1 aliphatic heterocycles. The van der Waals surface area contributed by atoms with Crippen LogP contribution in [-0.4, -0.2) is 31.0 Å². The molecule has 0 saturated carbocycles. The summed E-state index contributed by atoms with van der Waals surface area (Å²) in [7, 11) is 0. The molecular formula is C5H11NO2. The van der Waals surface area contributed by atoms with Crippen molar-refractivity contribution in [3.63, 3.8) is 0 Å². The number of aliphatic hydroxyl groups is 1. The molecule has 2 atom stereocenters. The van der Waals surface area contributed by atoms with Gasteiger partial charge in [-0.05, 0) is 6.54 Å². The molecule has 1 rings (SSSR count). The molecule has 0 amide bonds. The van der Waals surface area contributed by atoms with Crippen molar-refractivity contribution in [1.29, 1.82) is 0 Å². The second kappa shape index (κ2) is 2.44. The van der Waals surface area contributed by atoms with E-state index < -0.39 is 0 Å². The fourth-order valence-corrected chi connectivity index (χ4v) is 0.790. The Morgan fingerprint density at radius 3 is 2.62 bits per heavy atom. The number of ether oxygens (including phenoxy) is 1. The minimum Gasteiger partial charge on any atom is -0.394 e. The van der Waals surface area contributed by atoms with Crippen LogP contribution in [0.25, 0.3) is 0 Å². The van der Waals surface area contributed by atoms with E-state index in [1.54, 1.807) is 0 Å². The maximum Gasteiger partial charge on any atom is 0.0868 e. The van der Waals surface area contributed by atoms with Gasteiger partial charge in [-0.1, -0.05) is 0 Å². The topological polar surface area (TPSA) is 55.5 Å². The third kappa shape index (κ3) is 0.844. The molecule has 0 radical (unpaired) electrons. The van der Waals surface area contributed by atoms with Crippen LogP contribution in [-0.2, 0) is 4.74 Å². The van der Waals surface area contributed by atoms with Crippen molar-refractivity contribution < 1.29 is 9.84 Å². The molecule has 8 heavy (non-hydrogen) atoms. The van der Waals surface area contributed by atoms with Crippen LogP contribution in [0.2, 0.25) is 0 Å². The predicted molar refractivity (Wildman–Crippen MR) is 29.4 cm³/mol. The zero-order valence-electron chi connectivity index (χ0n) is 4.71. The van der Waals surface area contributed by atoms with Gasteiger partial charge in [0.25, 0.3) is 0 Å². The van der Waals surface area contributed by atoms with Gasteiger partial charge >= 0.3 is 0 Å². The maximum absolute atomic E-state index is 8.51. The Bertz CT molecular complexity index is 62.8. The summed E-state index contributed by atoms with van der Waals surface area (Å²) in [6.07, 6.45) is 0.0278. The molecule has 1 saturated heterocycles. The summed E-state index contributed by atoms with van der Waals surface area (Å²) in [6.45, 7) is 1.47. The van der Waals surface area contributed by atoms with E-state index in [0.29, 0.717) is 12.5 Å². The van der Waals surface area contributed by atoms with Gasteiger partial charge < -0.3 is 15.6 Å². The molecule has 0 spiro atoms. The minimum absolute atomic E-state index is 0.0278. The highest BCUT2D eigenvalue weighted by molar-refractivity contribution is 4.77. The second-order valence-electron chi connectivity index (χ2n) is 2.05. The molecule has 3 N–H and O–H groups in total. The zero-order chi connectivity index (χ0) is 5.98. The summed E-state index contributed by atoms with van der Waals surface area (Å²) in [5.74, 6) is 0.403. The van der Waals surface area contributed by atoms with E-state index in [9.17, 15) is 0 Å². The Balaban J connectivity index is 2.16. The van der Waals surface area contributed by atoms with E-state index in [4.69, 9.17) is 15.6 Å². The predicted octanol–water partition coefficient (Wildman–Crippen LogP) is -1.05. The number of aliphatic hydroxyl groups excluding tert-OH is 1. The van der Waals surface area contributed by atoms with Crippen molar-refractivity contribution >= 4 is 0 Å². The average molecular weight is 117 g/mol. The van der Waals surface area contributed by atoms with Crippen LogP contribution >= 0.6 is 0 Å². The monoisotopic (exact) mass is 117 g/mol. The molecule has 3 heteroatoms. The standard InChI is InChI=1S/C5H11NO2/c6-1-4-3-8-5(4)2-7/h4-5,7H,1-3,6H2. The van der Waals surface area contributed by atoms with E-state index in [1.807, 2.05) is 0 Å². The molecule has 0 aromatic rings. The van der Waals surface area contributed by atoms with Crippen LogP contribution in [0.1, 0.15) is 0 Å². The summed E-state index contributed by atoms with van der Waals surface area (Å²) in [4.78, 5) is 0. The fourth-order valence-electron chi connectivity index (χ4n) is 0.790. The number of hydrogen-bond donors (Lipinski definition) is 2. The summed E-state index contributed by atoms with van der Waals surface area (Å²) in [5.41, 5.74) is 5.31. The largest absolute Gasteiger partial charge is 0.394 e. The Morgan fingerprint density at radius 1 is 1.75 bits per heavy atom. The van der Waals surface area contributed by atoms with Gasteiger partial charge in [-0.25, -0.2) is 0 Å². The smallest absolute Gasteiger partial charge is 0.0868 e. The van der Waals surface area contributed by atoms with Crippen molar-refractivity contribution in [3.8, 4) is 0 Å². The average Bonchev–Trinajstić information content (AvgIpc) is 1.66. The summed E-state index contributed by atoms with van der Waals surface area (Å²) in [5, 5.41) is 8.51. The summed E-state index contributed by atoms with van der Waals surface area (Å²) >= 11 is 0. The first-order chi connectivity index (χ1) is 3.88. The van der Waals surface area contributed by atoms with Gasteiger partial charge in [0.2, 0.25) is 0 Å². The highest BCUT2D eigenvalue weighted by atomic mass is 16.5. The van der Waals surface area contributed by atoms with E-state index in [-0.39, 0.29) is 12.7 Å². The Hall–Kier alpha value is -0.120. The Kier molecular flexibility index (Phi) is 1.83. The van der Waals surface area contributed by atoms with Crippen LogP contribution in [0, 0.1) is 5.92 Å². The number of nitrogens with two attached hydrogens (primary N) is 1. The molecule has 0 aromatic carbocycles. The maximum atomic E-state index is 8.51. The highest BCUT2D eigenvalue weighted by Crippen LogP contribution is 2.17. The van der Waals surface area contributed by atoms with Crippen molar-refractivity contribution in [3.05, 3.63) is 0 Å². The molecule has 1 heterocycles.